The first kappa shape index (κ1) is 19.4. The molecule has 1 aliphatic carbocycles. The lowest BCUT2D eigenvalue weighted by atomic mass is 9.96. The van der Waals surface area contributed by atoms with Gasteiger partial charge in [0.05, 0.1) is 17.3 Å². The van der Waals surface area contributed by atoms with Crippen LogP contribution in [-0.2, 0) is 0 Å². The minimum absolute atomic E-state index is 0.0201. The van der Waals surface area contributed by atoms with Crippen LogP contribution < -0.4 is 10.2 Å². The van der Waals surface area contributed by atoms with E-state index in [9.17, 15) is 9.50 Å². The lowest BCUT2D eigenvalue weighted by Gasteiger charge is -2.40. The van der Waals surface area contributed by atoms with Gasteiger partial charge in [-0.25, -0.2) is 14.4 Å². The first-order valence-corrected chi connectivity index (χ1v) is 12.5. The third-order valence-corrected chi connectivity index (χ3v) is 7.53. The van der Waals surface area contributed by atoms with Crippen LogP contribution in [0.15, 0.2) is 41.6 Å². The lowest BCUT2D eigenvalue weighted by Crippen LogP contribution is -2.57. The smallest absolute Gasteiger partial charge is 0.245 e. The van der Waals surface area contributed by atoms with Gasteiger partial charge in [-0.2, -0.15) is 4.39 Å². The van der Waals surface area contributed by atoms with E-state index in [1.165, 1.54) is 24.4 Å². The molecule has 0 amide bonds. The number of aromatic nitrogens is 4. The second-order valence-electron chi connectivity index (χ2n) is 9.43. The summed E-state index contributed by atoms with van der Waals surface area (Å²) in [5.41, 5.74) is 1.58. The summed E-state index contributed by atoms with van der Waals surface area (Å²) in [5.74, 6) is -0.541. The average Bonchev–Trinajstić information content (AvgIpc) is 3.61. The molecule has 2 N–H and O–H groups in total. The van der Waals surface area contributed by atoms with Crippen LogP contribution in [0.2, 0.25) is 0 Å². The minimum Gasteiger partial charge on any atom is -0.507 e. The largest absolute Gasteiger partial charge is 0.507 e. The van der Waals surface area contributed by atoms with Crippen molar-refractivity contribution in [3.05, 3.63) is 42.5 Å². The van der Waals surface area contributed by atoms with Gasteiger partial charge in [0.2, 0.25) is 11.9 Å². The highest BCUT2D eigenvalue weighted by molar-refractivity contribution is 7.98. The number of fused-ring (bicyclic) bond motifs is 2. The lowest BCUT2D eigenvalue weighted by molar-refractivity contribution is 0.171. The van der Waals surface area contributed by atoms with Crippen LogP contribution in [0.4, 0.5) is 14.7 Å². The van der Waals surface area contributed by atoms with Crippen LogP contribution in [0.3, 0.4) is 0 Å². The van der Waals surface area contributed by atoms with Gasteiger partial charge >= 0.3 is 0 Å². The number of nitrogens with zero attached hydrogens (tertiary/aromatic N) is 5. The zero-order valence-electron chi connectivity index (χ0n) is 21.7. The maximum atomic E-state index is 15.3. The van der Waals surface area contributed by atoms with Crippen molar-refractivity contribution in [3.63, 3.8) is 0 Å². The summed E-state index contributed by atoms with van der Waals surface area (Å²) in [6.07, 6.45) is 2.65. The molecule has 3 fully saturated rings. The number of anilines is 1. The van der Waals surface area contributed by atoms with Gasteiger partial charge < -0.3 is 15.3 Å². The predicted octanol–water partition coefficient (Wildman–Crippen LogP) is 4.37. The standard InChI is InChI=1S/C25H26F2N6OS/c1-35-23-10-14(9-22(26)30-23)13-2-6-17(21(34)8-13)19-12-28-25(32-31-19)33(16-4-5-16)20-11-15-3-7-18(29-15)24(20)27/h2,6,8-10,12,15-16,18,20,24,29,34H,3-5,7,11H2,1H3/t15-,18-,20+,24-/m0/s1/i1D3. The maximum absolute atomic E-state index is 15.3. The number of aromatic hydroxyl groups is 1. The topological polar surface area (TPSA) is 87.1 Å². The predicted molar refractivity (Wildman–Crippen MR) is 131 cm³/mol. The molecule has 1 aromatic carbocycles. The number of alkyl halides is 1. The molecule has 4 atom stereocenters. The van der Waals surface area contributed by atoms with Crippen molar-refractivity contribution in [2.45, 2.75) is 67.5 Å². The molecule has 0 radical (unpaired) electrons. The molecular weight excluding hydrogens is 470 g/mol. The Balaban J connectivity index is 1.24. The zero-order chi connectivity index (χ0) is 26.6. The van der Waals surface area contributed by atoms with Gasteiger partial charge in [-0.1, -0.05) is 6.07 Å². The van der Waals surface area contributed by atoms with Crippen molar-refractivity contribution >= 4 is 17.7 Å². The van der Waals surface area contributed by atoms with Crippen molar-refractivity contribution in [1.29, 1.82) is 0 Å². The first-order chi connectivity index (χ1) is 18.1. The molecule has 2 bridgehead atoms. The second-order valence-corrected chi connectivity index (χ2v) is 10.0. The number of hydrogen-bond donors (Lipinski definition) is 2. The van der Waals surface area contributed by atoms with Gasteiger partial charge in [0.15, 0.2) is 0 Å². The summed E-state index contributed by atoms with van der Waals surface area (Å²) in [5, 5.41) is 22.8. The normalized spacial score (nSPS) is 27.2. The number of halogens is 2. The van der Waals surface area contributed by atoms with Gasteiger partial charge in [-0.15, -0.1) is 22.0 Å². The zero-order valence-corrected chi connectivity index (χ0v) is 19.6. The summed E-state index contributed by atoms with van der Waals surface area (Å²) in [6.45, 7) is 0. The number of benzene rings is 1. The number of phenols is 1. The average molecular weight is 500 g/mol. The Labute approximate surface area is 210 Å². The number of hydrogen-bond acceptors (Lipinski definition) is 8. The summed E-state index contributed by atoms with van der Waals surface area (Å²) < 4.78 is 51.5. The molecule has 3 aromatic rings. The third-order valence-electron chi connectivity index (χ3n) is 7.11. The van der Waals surface area contributed by atoms with Crippen molar-refractivity contribution in [2.75, 3.05) is 11.1 Å². The second kappa shape index (κ2) is 8.98. The highest BCUT2D eigenvalue weighted by Gasteiger charge is 2.48. The van der Waals surface area contributed by atoms with E-state index in [-0.39, 0.29) is 28.9 Å². The quantitative estimate of drug-likeness (QED) is 0.382. The highest BCUT2D eigenvalue weighted by atomic mass is 32.2. The Morgan fingerprint density at radius 1 is 1.14 bits per heavy atom. The van der Waals surface area contributed by atoms with Crippen molar-refractivity contribution < 1.29 is 18.0 Å². The van der Waals surface area contributed by atoms with Crippen LogP contribution >= 0.6 is 11.8 Å². The number of thioether (sulfide) groups is 1. The van der Waals surface area contributed by atoms with E-state index >= 15 is 4.39 Å². The van der Waals surface area contributed by atoms with Gasteiger partial charge in [0.25, 0.3) is 0 Å². The third kappa shape index (κ3) is 4.33. The molecule has 10 heteroatoms. The van der Waals surface area contributed by atoms with E-state index in [4.69, 9.17) is 4.11 Å². The highest BCUT2D eigenvalue weighted by Crippen LogP contribution is 2.40. The van der Waals surface area contributed by atoms with Crippen molar-refractivity contribution in [3.8, 4) is 28.1 Å². The fourth-order valence-corrected chi connectivity index (χ4v) is 5.63. The van der Waals surface area contributed by atoms with Crippen LogP contribution in [0.25, 0.3) is 22.4 Å². The SMILES string of the molecule is [2H]C([2H])([2H])Sc1cc(-c2ccc(-c3cnc(N(C4CC4)[C@@H]4C[C@@H]5CC[C@H](N5)[C@@H]4F)nn3)c(O)c2)cc(F)n1. The van der Waals surface area contributed by atoms with Gasteiger partial charge in [-0.05, 0) is 67.6 Å². The molecule has 182 valence electrons. The Hall–Kier alpha value is -2.85. The summed E-state index contributed by atoms with van der Waals surface area (Å²) in [4.78, 5) is 10.2. The number of rotatable bonds is 6. The molecule has 6 rings (SSSR count). The maximum Gasteiger partial charge on any atom is 0.245 e. The monoisotopic (exact) mass is 499 g/mol. The molecule has 2 aliphatic heterocycles. The Bertz CT molecular complexity index is 1340. The van der Waals surface area contributed by atoms with Crippen molar-refractivity contribution in [1.82, 2.24) is 25.5 Å². The minimum atomic E-state index is -2.37. The van der Waals surface area contributed by atoms with Crippen molar-refractivity contribution in [2.24, 2.45) is 0 Å². The Morgan fingerprint density at radius 2 is 2.03 bits per heavy atom. The molecule has 0 spiro atoms. The van der Waals surface area contributed by atoms with E-state index in [1.807, 2.05) is 4.90 Å². The number of piperidine rings is 1. The number of pyridine rings is 1. The molecule has 7 nitrogen and oxygen atoms in total. The summed E-state index contributed by atoms with van der Waals surface area (Å²) >= 11 is 0.481. The molecule has 1 saturated carbocycles. The van der Waals surface area contributed by atoms with Crippen LogP contribution in [0.5, 0.6) is 5.75 Å². The van der Waals surface area contributed by atoms with Gasteiger partial charge in [0, 0.05) is 33.9 Å². The molecule has 2 aromatic heterocycles. The number of phenolic OH excluding ortho intramolecular Hbond substituents is 1. The Morgan fingerprint density at radius 3 is 2.77 bits per heavy atom. The van der Waals surface area contributed by atoms with Crippen LogP contribution in [-0.4, -0.2) is 61.8 Å². The summed E-state index contributed by atoms with van der Waals surface area (Å²) in [7, 11) is 0. The van der Waals surface area contributed by atoms with Crippen LogP contribution in [0, 0.1) is 5.95 Å². The fourth-order valence-electron chi connectivity index (χ4n) is 5.31. The molecule has 4 heterocycles. The van der Waals surface area contributed by atoms with E-state index in [0.29, 0.717) is 52.6 Å². The molecule has 3 aliphatic rings. The van der Waals surface area contributed by atoms with Crippen LogP contribution in [0.1, 0.15) is 36.2 Å². The molecule has 35 heavy (non-hydrogen) atoms. The fraction of sp³-hybridized carbons (Fsp3) is 0.440. The van der Waals surface area contributed by atoms with E-state index in [2.05, 4.69) is 25.5 Å². The first-order valence-electron chi connectivity index (χ1n) is 13.2. The van der Waals surface area contributed by atoms with Gasteiger partial charge in [0.1, 0.15) is 17.6 Å². The molecule has 2 saturated heterocycles. The van der Waals surface area contributed by atoms with E-state index in [1.54, 1.807) is 12.1 Å². The number of nitrogens with one attached hydrogen (secondary N) is 1. The molecule has 0 unspecified atom stereocenters. The summed E-state index contributed by atoms with van der Waals surface area (Å²) in [6, 6.07) is 7.48. The molecular formula is C25H26F2N6OS. The van der Waals surface area contributed by atoms with E-state index < -0.39 is 18.3 Å². The van der Waals surface area contributed by atoms with Gasteiger partial charge in [-0.3, -0.25) is 0 Å². The Kier molecular flexibility index (Phi) is 4.97. The van der Waals surface area contributed by atoms with E-state index in [0.717, 1.165) is 25.7 Å².